The number of carboxylic acids is 1. The number of carbonyl (C=O) groups is 1. The molecule has 1 spiro atoms. The first-order chi connectivity index (χ1) is 21.1. The molecule has 3 atom stereocenters. The number of piperidine rings is 1. The number of pyridine rings is 1. The molecule has 0 amide bonds. The largest absolute Gasteiger partial charge is 0.480 e. The molecule has 3 aliphatic heterocycles. The number of para-hydroxylation sites is 1. The van der Waals surface area contributed by atoms with Gasteiger partial charge in [0.25, 0.3) is 0 Å². The Balaban J connectivity index is 1.26. The van der Waals surface area contributed by atoms with E-state index >= 15 is 0 Å². The predicted molar refractivity (Wildman–Crippen MR) is 154 cm³/mol. The van der Waals surface area contributed by atoms with Gasteiger partial charge in [0.05, 0.1) is 19.8 Å². The highest BCUT2D eigenvalue weighted by molar-refractivity contribution is 6.06. The van der Waals surface area contributed by atoms with E-state index in [4.69, 9.17) is 20.3 Å². The normalized spacial score (nSPS) is 23.2. The number of nitrogens with zero attached hydrogens (tertiary/aromatic N) is 5. The Morgan fingerprint density at radius 2 is 2.02 bits per heavy atom. The van der Waals surface area contributed by atoms with Gasteiger partial charge in [0.1, 0.15) is 28.9 Å². The number of hydrogen-bond donors (Lipinski definition) is 1. The Bertz CT molecular complexity index is 1810. The maximum Gasteiger partial charge on any atom is 0.451 e. The number of halogens is 3. The molecule has 4 aromatic rings. The molecule has 6 heterocycles. The first-order valence-electron chi connectivity index (χ1n) is 14.3. The fraction of sp³-hybridized carbons (Fsp3) is 0.419. The summed E-state index contributed by atoms with van der Waals surface area (Å²) >= 11 is 0. The van der Waals surface area contributed by atoms with Crippen molar-refractivity contribution in [2.75, 3.05) is 36.1 Å². The number of carboxylic acid groups (broad SMARTS) is 1. The molecule has 0 unspecified atom stereocenters. The third-order valence-corrected chi connectivity index (χ3v) is 9.07. The number of terminal acetylenes is 1. The van der Waals surface area contributed by atoms with Crippen molar-refractivity contribution < 1.29 is 37.0 Å². The molecule has 0 bridgehead atoms. The van der Waals surface area contributed by atoms with Crippen LogP contribution >= 0.6 is 0 Å². The van der Waals surface area contributed by atoms with E-state index in [9.17, 15) is 23.1 Å². The summed E-state index contributed by atoms with van der Waals surface area (Å²) in [6.07, 6.45) is 3.53. The molecule has 1 N–H and O–H groups in total. The fourth-order valence-corrected chi connectivity index (χ4v) is 6.64. The van der Waals surface area contributed by atoms with Gasteiger partial charge in [0.15, 0.2) is 11.4 Å². The van der Waals surface area contributed by atoms with Crippen molar-refractivity contribution in [3.8, 4) is 18.2 Å². The van der Waals surface area contributed by atoms with E-state index in [-0.39, 0.29) is 47.2 Å². The maximum absolute atomic E-state index is 14.0. The van der Waals surface area contributed by atoms with E-state index < -0.39 is 30.1 Å². The highest BCUT2D eigenvalue weighted by atomic mass is 19.4. The molecule has 7 rings (SSSR count). The SMILES string of the molecule is C#Cc1cnc(O[C@H]2C[C@@H](C(=O)O)N(c3nc(C(F)(F)F)nc4c3oc3ccccc34)C2)c(N2CCCC3(COC3)[C@@H]2C)c1. The molecular weight excluding hydrogens is 579 g/mol. The summed E-state index contributed by atoms with van der Waals surface area (Å²) in [7, 11) is 0. The number of fused-ring (bicyclic) bond motifs is 3. The van der Waals surface area contributed by atoms with Gasteiger partial charge in [-0.25, -0.2) is 19.7 Å². The van der Waals surface area contributed by atoms with Crippen molar-refractivity contribution in [1.82, 2.24) is 15.0 Å². The lowest BCUT2D eigenvalue weighted by Gasteiger charge is -2.54. The quantitative estimate of drug-likeness (QED) is 0.315. The van der Waals surface area contributed by atoms with Crippen LogP contribution in [0.4, 0.5) is 24.7 Å². The Kier molecular flexibility index (Phi) is 6.58. The average molecular weight is 608 g/mol. The number of rotatable bonds is 5. The number of aromatic nitrogens is 3. The van der Waals surface area contributed by atoms with Crippen LogP contribution in [0.1, 0.15) is 37.6 Å². The van der Waals surface area contributed by atoms with Gasteiger partial charge < -0.3 is 28.8 Å². The van der Waals surface area contributed by atoms with E-state index in [0.717, 1.165) is 19.4 Å². The zero-order valence-electron chi connectivity index (χ0n) is 23.7. The third-order valence-electron chi connectivity index (χ3n) is 9.07. The molecule has 10 nitrogen and oxygen atoms in total. The van der Waals surface area contributed by atoms with Gasteiger partial charge in [-0.1, -0.05) is 18.1 Å². The second-order valence-corrected chi connectivity index (χ2v) is 11.6. The van der Waals surface area contributed by atoms with Crippen LogP contribution in [0.15, 0.2) is 40.9 Å². The summed E-state index contributed by atoms with van der Waals surface area (Å²) in [4.78, 5) is 28.0. The van der Waals surface area contributed by atoms with Crippen LogP contribution in [0.25, 0.3) is 22.1 Å². The highest BCUT2D eigenvalue weighted by Gasteiger charge is 2.49. The predicted octanol–water partition coefficient (Wildman–Crippen LogP) is 4.89. The average Bonchev–Trinajstić information content (AvgIpc) is 3.58. The zero-order valence-corrected chi connectivity index (χ0v) is 23.7. The summed E-state index contributed by atoms with van der Waals surface area (Å²) in [5, 5.41) is 10.5. The van der Waals surface area contributed by atoms with Crippen LogP contribution in [0.3, 0.4) is 0 Å². The lowest BCUT2D eigenvalue weighted by molar-refractivity contribution is -0.144. The number of alkyl halides is 3. The summed E-state index contributed by atoms with van der Waals surface area (Å²) in [5.41, 5.74) is 1.50. The molecule has 3 aliphatic rings. The Hall–Kier alpha value is -4.57. The van der Waals surface area contributed by atoms with Gasteiger partial charge in [0, 0.05) is 41.6 Å². The Labute approximate surface area is 249 Å². The molecule has 228 valence electrons. The maximum atomic E-state index is 14.0. The smallest absolute Gasteiger partial charge is 0.451 e. The number of hydrogen-bond acceptors (Lipinski definition) is 9. The number of aliphatic carboxylic acids is 1. The van der Waals surface area contributed by atoms with Crippen LogP contribution in [-0.2, 0) is 15.7 Å². The van der Waals surface area contributed by atoms with Gasteiger partial charge in [0.2, 0.25) is 11.7 Å². The summed E-state index contributed by atoms with van der Waals surface area (Å²) in [6, 6.07) is 7.23. The molecule has 1 aromatic carbocycles. The molecule has 0 aliphatic carbocycles. The van der Waals surface area contributed by atoms with Gasteiger partial charge in [-0.05, 0) is 38.0 Å². The molecule has 13 heteroatoms. The van der Waals surface area contributed by atoms with Crippen LogP contribution in [0, 0.1) is 17.8 Å². The first-order valence-corrected chi connectivity index (χ1v) is 14.3. The summed E-state index contributed by atoms with van der Waals surface area (Å²) < 4.78 is 59.7. The number of furan rings is 1. The summed E-state index contributed by atoms with van der Waals surface area (Å²) in [6.45, 7) is 4.13. The molecule has 3 fully saturated rings. The molecular formula is C31H28F3N5O5. The third kappa shape index (κ3) is 4.55. The van der Waals surface area contributed by atoms with E-state index in [1.165, 1.54) is 11.1 Å². The first kappa shape index (κ1) is 28.2. The Morgan fingerprint density at radius 1 is 1.23 bits per heavy atom. The van der Waals surface area contributed by atoms with Crippen LogP contribution < -0.4 is 14.5 Å². The van der Waals surface area contributed by atoms with E-state index in [1.54, 1.807) is 24.3 Å². The highest BCUT2D eigenvalue weighted by Crippen LogP contribution is 2.46. The van der Waals surface area contributed by atoms with Crippen LogP contribution in [-0.4, -0.2) is 70.5 Å². The molecule has 3 aromatic heterocycles. The van der Waals surface area contributed by atoms with Crippen molar-refractivity contribution >= 4 is 39.5 Å². The lowest BCUT2D eigenvalue weighted by atomic mass is 9.72. The van der Waals surface area contributed by atoms with Gasteiger partial charge in [-0.15, -0.1) is 6.42 Å². The minimum Gasteiger partial charge on any atom is -0.480 e. The number of benzene rings is 1. The van der Waals surface area contributed by atoms with Crippen molar-refractivity contribution in [2.24, 2.45) is 5.41 Å². The molecule has 44 heavy (non-hydrogen) atoms. The Morgan fingerprint density at radius 3 is 2.73 bits per heavy atom. The molecule has 3 saturated heterocycles. The fourth-order valence-electron chi connectivity index (χ4n) is 6.64. The van der Waals surface area contributed by atoms with Crippen molar-refractivity contribution in [2.45, 2.75) is 50.6 Å². The lowest BCUT2D eigenvalue weighted by Crippen LogP contribution is -2.60. The van der Waals surface area contributed by atoms with Crippen molar-refractivity contribution in [3.63, 3.8) is 0 Å². The van der Waals surface area contributed by atoms with Crippen LogP contribution in [0.5, 0.6) is 5.88 Å². The van der Waals surface area contributed by atoms with Gasteiger partial charge in [-0.2, -0.15) is 13.2 Å². The zero-order chi connectivity index (χ0) is 30.8. The molecule has 0 saturated carbocycles. The number of anilines is 2. The van der Waals surface area contributed by atoms with E-state index in [0.29, 0.717) is 35.4 Å². The molecule has 0 radical (unpaired) electrons. The monoisotopic (exact) mass is 607 g/mol. The summed E-state index contributed by atoms with van der Waals surface area (Å²) in [5.74, 6) is 0.00657. The van der Waals surface area contributed by atoms with Crippen molar-refractivity contribution in [1.29, 1.82) is 0 Å². The minimum absolute atomic E-state index is 0.0153. The number of ether oxygens (including phenoxy) is 2. The topological polar surface area (TPSA) is 114 Å². The van der Waals surface area contributed by atoms with E-state index in [2.05, 4.69) is 32.7 Å². The van der Waals surface area contributed by atoms with Gasteiger partial charge in [-0.3, -0.25) is 0 Å². The van der Waals surface area contributed by atoms with Crippen LogP contribution in [0.2, 0.25) is 0 Å². The second kappa shape index (κ2) is 10.3. The van der Waals surface area contributed by atoms with E-state index in [1.807, 2.05) is 6.07 Å². The standard InChI is InChI=1S/C31H28F3N5O5/c1-3-18-11-21(38-10-6-9-30(17(38)2)15-42-16-30)27(35-13-18)43-19-12-22(28(40)41)39(14-19)26-25-24(36-29(37-26)31(32,33)34)20-7-4-5-8-23(20)44-25/h1,4-5,7-8,11,13,17,19,22H,6,9-10,12,14-16H2,2H3,(H,40,41)/t17-,19-,22-/m0/s1. The van der Waals surface area contributed by atoms with Crippen molar-refractivity contribution in [3.05, 3.63) is 47.9 Å². The van der Waals surface area contributed by atoms with Gasteiger partial charge >= 0.3 is 12.1 Å². The minimum atomic E-state index is -4.87. The second-order valence-electron chi connectivity index (χ2n) is 11.6.